The van der Waals surface area contributed by atoms with Crippen molar-refractivity contribution in [2.75, 3.05) is 0 Å². The van der Waals surface area contributed by atoms with Crippen molar-refractivity contribution in [3.8, 4) is 0 Å². The standard InChI is InChI=1S/C19H27NS/c1-5-16-11-12-21-18(16)14-20-15(2)13-19(3,4)17-9-7-6-8-10-17/h6-12,15,20H,5,13-14H2,1-4H3. The number of aryl methyl sites for hydroxylation is 1. The zero-order chi connectivity index (χ0) is 15.3. The van der Waals surface area contributed by atoms with Crippen molar-refractivity contribution in [1.29, 1.82) is 0 Å². The number of rotatable bonds is 7. The van der Waals surface area contributed by atoms with Crippen LogP contribution in [0.15, 0.2) is 41.8 Å². The van der Waals surface area contributed by atoms with Crippen molar-refractivity contribution >= 4 is 11.3 Å². The Bertz CT molecular complexity index is 542. The van der Waals surface area contributed by atoms with E-state index < -0.39 is 0 Å². The lowest BCUT2D eigenvalue weighted by Gasteiger charge is -2.29. The van der Waals surface area contributed by atoms with Crippen molar-refractivity contribution in [2.24, 2.45) is 0 Å². The molecule has 2 aromatic rings. The largest absolute Gasteiger partial charge is 0.309 e. The average molecular weight is 301 g/mol. The van der Waals surface area contributed by atoms with Gasteiger partial charge in [0.2, 0.25) is 0 Å². The van der Waals surface area contributed by atoms with Gasteiger partial charge in [0, 0.05) is 17.5 Å². The minimum absolute atomic E-state index is 0.205. The van der Waals surface area contributed by atoms with E-state index in [0.717, 1.165) is 19.4 Å². The van der Waals surface area contributed by atoms with Crippen molar-refractivity contribution in [3.63, 3.8) is 0 Å². The van der Waals surface area contributed by atoms with Crippen LogP contribution in [0.3, 0.4) is 0 Å². The van der Waals surface area contributed by atoms with Crippen LogP contribution in [0.25, 0.3) is 0 Å². The molecular formula is C19H27NS. The van der Waals surface area contributed by atoms with Crippen LogP contribution >= 0.6 is 11.3 Å². The van der Waals surface area contributed by atoms with E-state index in [2.05, 4.69) is 74.8 Å². The molecule has 0 saturated heterocycles. The first-order chi connectivity index (χ1) is 10.0. The van der Waals surface area contributed by atoms with Crippen LogP contribution < -0.4 is 5.32 Å². The maximum Gasteiger partial charge on any atom is 0.0304 e. The maximum absolute atomic E-state index is 3.70. The van der Waals surface area contributed by atoms with E-state index in [0.29, 0.717) is 6.04 Å². The first-order valence-electron chi connectivity index (χ1n) is 7.87. The lowest BCUT2D eigenvalue weighted by molar-refractivity contribution is 0.388. The van der Waals surface area contributed by atoms with Gasteiger partial charge in [-0.1, -0.05) is 51.1 Å². The minimum Gasteiger partial charge on any atom is -0.309 e. The summed E-state index contributed by atoms with van der Waals surface area (Å²) in [5.41, 5.74) is 3.11. The summed E-state index contributed by atoms with van der Waals surface area (Å²) in [5, 5.41) is 5.90. The summed E-state index contributed by atoms with van der Waals surface area (Å²) in [7, 11) is 0. The highest BCUT2D eigenvalue weighted by atomic mass is 32.1. The summed E-state index contributed by atoms with van der Waals surface area (Å²) in [4.78, 5) is 1.49. The molecule has 114 valence electrons. The highest BCUT2D eigenvalue weighted by Crippen LogP contribution is 2.28. The van der Waals surface area contributed by atoms with Crippen LogP contribution in [-0.4, -0.2) is 6.04 Å². The van der Waals surface area contributed by atoms with Gasteiger partial charge < -0.3 is 5.32 Å². The Kier molecular flexibility index (Phi) is 5.60. The summed E-state index contributed by atoms with van der Waals surface area (Å²) in [6.45, 7) is 10.2. The monoisotopic (exact) mass is 301 g/mol. The minimum atomic E-state index is 0.205. The molecule has 1 aromatic carbocycles. The lowest BCUT2D eigenvalue weighted by Crippen LogP contribution is -2.32. The maximum atomic E-state index is 3.70. The Morgan fingerprint density at radius 2 is 1.86 bits per heavy atom. The third kappa shape index (κ3) is 4.42. The highest BCUT2D eigenvalue weighted by Gasteiger charge is 2.23. The molecule has 0 aliphatic heterocycles. The third-order valence-corrected chi connectivity index (χ3v) is 5.16. The predicted octanol–water partition coefficient (Wildman–Crippen LogP) is 5.16. The fourth-order valence-corrected chi connectivity index (χ4v) is 3.88. The summed E-state index contributed by atoms with van der Waals surface area (Å²) in [6, 6.07) is 13.6. The van der Waals surface area contributed by atoms with Crippen LogP contribution in [0, 0.1) is 0 Å². The van der Waals surface area contributed by atoms with E-state index in [4.69, 9.17) is 0 Å². The van der Waals surface area contributed by atoms with Crippen LogP contribution in [0.2, 0.25) is 0 Å². The predicted molar refractivity (Wildman–Crippen MR) is 94.1 cm³/mol. The molecule has 1 atom stereocenters. The van der Waals surface area contributed by atoms with Gasteiger partial charge in [0.15, 0.2) is 0 Å². The van der Waals surface area contributed by atoms with Crippen molar-refractivity contribution in [1.82, 2.24) is 5.32 Å². The topological polar surface area (TPSA) is 12.0 Å². The first kappa shape index (κ1) is 16.3. The summed E-state index contributed by atoms with van der Waals surface area (Å²) in [5.74, 6) is 0. The van der Waals surface area contributed by atoms with Gasteiger partial charge in [-0.3, -0.25) is 0 Å². The van der Waals surface area contributed by atoms with Gasteiger partial charge in [-0.15, -0.1) is 11.3 Å². The molecule has 1 unspecified atom stereocenters. The SMILES string of the molecule is CCc1ccsc1CNC(C)CC(C)(C)c1ccccc1. The molecule has 2 rings (SSSR count). The van der Waals surface area contributed by atoms with Crippen LogP contribution in [0.1, 0.15) is 50.1 Å². The lowest BCUT2D eigenvalue weighted by atomic mass is 9.79. The molecule has 21 heavy (non-hydrogen) atoms. The summed E-state index contributed by atoms with van der Waals surface area (Å²) < 4.78 is 0. The normalized spacial score (nSPS) is 13.3. The molecule has 1 heterocycles. The Balaban J connectivity index is 1.91. The number of benzene rings is 1. The van der Waals surface area contributed by atoms with E-state index in [1.54, 1.807) is 0 Å². The molecule has 0 amide bonds. The molecule has 0 spiro atoms. The van der Waals surface area contributed by atoms with Gasteiger partial charge in [-0.05, 0) is 47.8 Å². The molecule has 0 saturated carbocycles. The second-order valence-corrected chi connectivity index (χ2v) is 7.46. The molecule has 2 heteroatoms. The Hall–Kier alpha value is -1.12. The van der Waals surface area contributed by atoms with Crippen molar-refractivity contribution < 1.29 is 0 Å². The molecule has 1 N–H and O–H groups in total. The van der Waals surface area contributed by atoms with Gasteiger partial charge in [-0.2, -0.15) is 0 Å². The Morgan fingerprint density at radius 3 is 2.52 bits per heavy atom. The second kappa shape index (κ2) is 7.24. The van der Waals surface area contributed by atoms with Gasteiger partial charge in [0.25, 0.3) is 0 Å². The Morgan fingerprint density at radius 1 is 1.14 bits per heavy atom. The smallest absolute Gasteiger partial charge is 0.0304 e. The van der Waals surface area contributed by atoms with E-state index in [1.807, 2.05) is 11.3 Å². The van der Waals surface area contributed by atoms with Crippen LogP contribution in [-0.2, 0) is 18.4 Å². The van der Waals surface area contributed by atoms with Crippen LogP contribution in [0.4, 0.5) is 0 Å². The van der Waals surface area contributed by atoms with E-state index in [-0.39, 0.29) is 5.41 Å². The van der Waals surface area contributed by atoms with E-state index >= 15 is 0 Å². The quantitative estimate of drug-likeness (QED) is 0.745. The number of nitrogens with one attached hydrogen (secondary N) is 1. The fraction of sp³-hybridized carbons (Fsp3) is 0.474. The second-order valence-electron chi connectivity index (χ2n) is 6.46. The molecular weight excluding hydrogens is 274 g/mol. The molecule has 1 aromatic heterocycles. The molecule has 0 aliphatic carbocycles. The Labute approximate surface area is 133 Å². The van der Waals surface area contributed by atoms with E-state index in [1.165, 1.54) is 16.0 Å². The van der Waals surface area contributed by atoms with Crippen molar-refractivity contribution in [2.45, 2.75) is 58.5 Å². The third-order valence-electron chi connectivity index (χ3n) is 4.20. The zero-order valence-electron chi connectivity index (χ0n) is 13.6. The summed E-state index contributed by atoms with van der Waals surface area (Å²) >= 11 is 1.87. The molecule has 0 fully saturated rings. The molecule has 0 radical (unpaired) electrons. The van der Waals surface area contributed by atoms with Gasteiger partial charge in [-0.25, -0.2) is 0 Å². The number of thiophene rings is 1. The zero-order valence-corrected chi connectivity index (χ0v) is 14.5. The number of hydrogen-bond donors (Lipinski definition) is 1. The number of hydrogen-bond acceptors (Lipinski definition) is 2. The average Bonchev–Trinajstić information content (AvgIpc) is 2.93. The molecule has 1 nitrogen and oxygen atoms in total. The summed E-state index contributed by atoms with van der Waals surface area (Å²) in [6.07, 6.45) is 2.27. The first-order valence-corrected chi connectivity index (χ1v) is 8.75. The van der Waals surface area contributed by atoms with Crippen molar-refractivity contribution in [3.05, 3.63) is 57.8 Å². The van der Waals surface area contributed by atoms with Gasteiger partial charge in [0.1, 0.15) is 0 Å². The highest BCUT2D eigenvalue weighted by molar-refractivity contribution is 7.10. The molecule has 0 aliphatic rings. The molecule has 0 bridgehead atoms. The van der Waals surface area contributed by atoms with E-state index in [9.17, 15) is 0 Å². The van der Waals surface area contributed by atoms with Gasteiger partial charge >= 0.3 is 0 Å². The fourth-order valence-electron chi connectivity index (χ4n) is 2.95. The van der Waals surface area contributed by atoms with Crippen LogP contribution in [0.5, 0.6) is 0 Å². The van der Waals surface area contributed by atoms with Gasteiger partial charge in [0.05, 0.1) is 0 Å².